The zero-order valence-corrected chi connectivity index (χ0v) is 11.4. The highest BCUT2D eigenvalue weighted by molar-refractivity contribution is 7.80. The first-order valence-corrected chi connectivity index (χ1v) is 6.41. The van der Waals surface area contributed by atoms with Crippen LogP contribution in [0.1, 0.15) is 12.5 Å². The second-order valence-electron chi connectivity index (χ2n) is 3.95. The summed E-state index contributed by atoms with van der Waals surface area (Å²) in [7, 11) is 0. The van der Waals surface area contributed by atoms with Crippen LogP contribution >= 0.6 is 12.2 Å². The van der Waals surface area contributed by atoms with Crippen molar-refractivity contribution in [2.24, 2.45) is 5.10 Å². The number of hydrazone groups is 1. The topological polar surface area (TPSA) is 56.7 Å². The van der Waals surface area contributed by atoms with Crippen LogP contribution in [0.15, 0.2) is 41.5 Å². The molecule has 0 aliphatic rings. The largest absolute Gasteiger partial charge is 0.507 e. The first-order chi connectivity index (χ1) is 9.22. The average Bonchev–Trinajstić information content (AvgIpc) is 2.41. The summed E-state index contributed by atoms with van der Waals surface area (Å²) >= 11 is 5.00. The first-order valence-electron chi connectivity index (χ1n) is 6.00. The van der Waals surface area contributed by atoms with Crippen molar-refractivity contribution in [2.75, 3.05) is 6.54 Å². The van der Waals surface area contributed by atoms with Gasteiger partial charge in [-0.3, -0.25) is 5.43 Å². The SMILES string of the molecule is CCNC(=S)NN=Cc1c(O)ccc2ccccc12. The molecule has 0 spiro atoms. The summed E-state index contributed by atoms with van der Waals surface area (Å²) in [6.07, 6.45) is 1.57. The molecule has 5 heteroatoms. The molecule has 0 fully saturated rings. The molecule has 3 N–H and O–H groups in total. The minimum Gasteiger partial charge on any atom is -0.507 e. The molecule has 4 nitrogen and oxygen atoms in total. The average molecular weight is 273 g/mol. The molecule has 19 heavy (non-hydrogen) atoms. The third-order valence-electron chi connectivity index (χ3n) is 2.64. The molecule has 0 atom stereocenters. The standard InChI is InChI=1S/C14H15N3OS/c1-2-15-14(19)17-16-9-12-11-6-4-3-5-10(11)7-8-13(12)18/h3-9,18H,2H2,1H3,(H2,15,17,19). The number of fused-ring (bicyclic) bond motifs is 1. The van der Waals surface area contributed by atoms with E-state index < -0.39 is 0 Å². The van der Waals surface area contributed by atoms with Crippen molar-refractivity contribution in [3.05, 3.63) is 42.0 Å². The number of thiocarbonyl (C=S) groups is 1. The maximum atomic E-state index is 9.91. The molecule has 2 aromatic carbocycles. The van der Waals surface area contributed by atoms with Crippen LogP contribution in [0.3, 0.4) is 0 Å². The molecule has 0 saturated carbocycles. The van der Waals surface area contributed by atoms with E-state index in [4.69, 9.17) is 12.2 Å². The van der Waals surface area contributed by atoms with Gasteiger partial charge >= 0.3 is 0 Å². The van der Waals surface area contributed by atoms with Crippen LogP contribution in [0, 0.1) is 0 Å². The van der Waals surface area contributed by atoms with Crippen LogP contribution in [-0.2, 0) is 0 Å². The lowest BCUT2D eigenvalue weighted by Gasteiger charge is -2.06. The summed E-state index contributed by atoms with van der Waals surface area (Å²) in [6, 6.07) is 11.3. The van der Waals surface area contributed by atoms with Crippen LogP contribution in [0.4, 0.5) is 0 Å². The molecule has 0 aromatic heterocycles. The van der Waals surface area contributed by atoms with Crippen LogP contribution in [0.5, 0.6) is 5.75 Å². The van der Waals surface area contributed by atoms with Crippen LogP contribution < -0.4 is 10.7 Å². The monoisotopic (exact) mass is 273 g/mol. The Hall–Kier alpha value is -2.14. The molecule has 0 amide bonds. The second-order valence-corrected chi connectivity index (χ2v) is 4.36. The van der Waals surface area contributed by atoms with Crippen molar-refractivity contribution >= 4 is 34.3 Å². The minimum absolute atomic E-state index is 0.193. The zero-order valence-electron chi connectivity index (χ0n) is 10.6. The van der Waals surface area contributed by atoms with Crippen LogP contribution in [0.2, 0.25) is 0 Å². The third-order valence-corrected chi connectivity index (χ3v) is 2.88. The summed E-state index contributed by atoms with van der Waals surface area (Å²) in [5, 5.41) is 19.3. The quantitative estimate of drug-likeness (QED) is 0.456. The Kier molecular flexibility index (Phi) is 4.30. The maximum absolute atomic E-state index is 9.91. The molecule has 0 heterocycles. The molecular weight excluding hydrogens is 258 g/mol. The fraction of sp³-hybridized carbons (Fsp3) is 0.143. The van der Waals surface area contributed by atoms with E-state index in [-0.39, 0.29) is 5.75 Å². The van der Waals surface area contributed by atoms with Gasteiger partial charge < -0.3 is 10.4 Å². The molecule has 2 rings (SSSR count). The summed E-state index contributed by atoms with van der Waals surface area (Å²) in [4.78, 5) is 0. The summed E-state index contributed by atoms with van der Waals surface area (Å²) in [6.45, 7) is 2.69. The molecule has 98 valence electrons. The predicted molar refractivity (Wildman–Crippen MR) is 82.6 cm³/mol. The van der Waals surface area contributed by atoms with E-state index in [0.29, 0.717) is 10.7 Å². The smallest absolute Gasteiger partial charge is 0.186 e. The lowest BCUT2D eigenvalue weighted by molar-refractivity contribution is 0.475. The van der Waals surface area contributed by atoms with E-state index in [0.717, 1.165) is 17.3 Å². The molecule has 0 unspecified atom stereocenters. The highest BCUT2D eigenvalue weighted by Crippen LogP contribution is 2.25. The highest BCUT2D eigenvalue weighted by Gasteiger charge is 2.03. The molecule has 0 aliphatic heterocycles. The van der Waals surface area contributed by atoms with Gasteiger partial charge in [-0.2, -0.15) is 5.10 Å². The Balaban J connectivity index is 2.27. The normalized spacial score (nSPS) is 10.8. The Bertz CT molecular complexity index is 625. The van der Waals surface area contributed by atoms with E-state index >= 15 is 0 Å². The number of phenols is 1. The number of phenolic OH excluding ortho intramolecular Hbond substituents is 1. The van der Waals surface area contributed by atoms with Crippen molar-refractivity contribution in [1.82, 2.24) is 10.7 Å². The van der Waals surface area contributed by atoms with E-state index in [1.54, 1.807) is 12.3 Å². The second kappa shape index (κ2) is 6.15. The summed E-state index contributed by atoms with van der Waals surface area (Å²) < 4.78 is 0. The van der Waals surface area contributed by atoms with Gasteiger partial charge in [0.05, 0.1) is 6.21 Å². The van der Waals surface area contributed by atoms with Gasteiger partial charge in [0.25, 0.3) is 0 Å². The third kappa shape index (κ3) is 3.20. The van der Waals surface area contributed by atoms with Gasteiger partial charge in [-0.05, 0) is 36.0 Å². The lowest BCUT2D eigenvalue weighted by Crippen LogP contribution is -2.31. The lowest BCUT2D eigenvalue weighted by atomic mass is 10.0. The van der Waals surface area contributed by atoms with Gasteiger partial charge in [-0.1, -0.05) is 30.3 Å². The molecule has 2 aromatic rings. The molecule has 0 saturated heterocycles. The Morgan fingerprint density at radius 3 is 2.89 bits per heavy atom. The minimum atomic E-state index is 0.193. The van der Waals surface area contributed by atoms with E-state index in [2.05, 4.69) is 15.8 Å². The maximum Gasteiger partial charge on any atom is 0.186 e. The van der Waals surface area contributed by atoms with Crippen molar-refractivity contribution in [3.8, 4) is 5.75 Å². The van der Waals surface area contributed by atoms with Crippen LogP contribution in [-0.4, -0.2) is 23.0 Å². The zero-order chi connectivity index (χ0) is 13.7. The predicted octanol–water partition coefficient (Wildman–Crippen LogP) is 2.36. The Morgan fingerprint density at radius 1 is 1.32 bits per heavy atom. The summed E-state index contributed by atoms with van der Waals surface area (Å²) in [5.74, 6) is 0.193. The number of hydrogen-bond donors (Lipinski definition) is 3. The highest BCUT2D eigenvalue weighted by atomic mass is 32.1. The number of aromatic hydroxyl groups is 1. The van der Waals surface area contributed by atoms with Gasteiger partial charge in [-0.25, -0.2) is 0 Å². The van der Waals surface area contributed by atoms with Gasteiger partial charge in [0, 0.05) is 12.1 Å². The number of rotatable bonds is 3. The number of benzene rings is 2. The van der Waals surface area contributed by atoms with E-state index in [1.807, 2.05) is 37.3 Å². The van der Waals surface area contributed by atoms with E-state index in [9.17, 15) is 5.11 Å². The van der Waals surface area contributed by atoms with Crippen LogP contribution in [0.25, 0.3) is 10.8 Å². The molecule has 0 radical (unpaired) electrons. The summed E-state index contributed by atoms with van der Waals surface area (Å²) in [5.41, 5.74) is 3.37. The molecular formula is C14H15N3OS. The number of nitrogens with zero attached hydrogens (tertiary/aromatic N) is 1. The van der Waals surface area contributed by atoms with Gasteiger partial charge in [-0.15, -0.1) is 0 Å². The number of nitrogens with one attached hydrogen (secondary N) is 2. The molecule has 0 aliphatic carbocycles. The van der Waals surface area contributed by atoms with Crippen molar-refractivity contribution < 1.29 is 5.11 Å². The first kappa shape index (κ1) is 13.3. The Labute approximate surface area is 117 Å². The fourth-order valence-electron chi connectivity index (χ4n) is 1.78. The Morgan fingerprint density at radius 2 is 2.11 bits per heavy atom. The van der Waals surface area contributed by atoms with Crippen molar-refractivity contribution in [1.29, 1.82) is 0 Å². The van der Waals surface area contributed by atoms with Crippen molar-refractivity contribution in [3.63, 3.8) is 0 Å². The van der Waals surface area contributed by atoms with Gasteiger partial charge in [0.15, 0.2) is 5.11 Å². The van der Waals surface area contributed by atoms with E-state index in [1.165, 1.54) is 0 Å². The van der Waals surface area contributed by atoms with Gasteiger partial charge in [0.2, 0.25) is 0 Å². The van der Waals surface area contributed by atoms with Gasteiger partial charge in [0.1, 0.15) is 5.75 Å². The fourth-order valence-corrected chi connectivity index (χ4v) is 1.97. The van der Waals surface area contributed by atoms with Crippen molar-refractivity contribution in [2.45, 2.75) is 6.92 Å². The molecule has 0 bridgehead atoms. The number of hydrogen-bond acceptors (Lipinski definition) is 3.